The van der Waals surface area contributed by atoms with E-state index in [2.05, 4.69) is 54.5 Å². The van der Waals surface area contributed by atoms with Gasteiger partial charge in [0, 0.05) is 68.5 Å². The van der Waals surface area contributed by atoms with E-state index in [-0.39, 0.29) is 37.2 Å². The molecule has 0 aliphatic heterocycles. The minimum Gasteiger partial charge on any atom is -0.813 e. The van der Waals surface area contributed by atoms with Gasteiger partial charge in [-0.3, -0.25) is 52.7 Å². The predicted octanol–water partition coefficient (Wildman–Crippen LogP) is -1.29. The molecule has 0 saturated heterocycles. The molecule has 1 unspecified atom stereocenters. The zero-order valence-corrected chi connectivity index (χ0v) is 55.1. The number of rotatable bonds is 38. The van der Waals surface area contributed by atoms with Crippen molar-refractivity contribution in [2.45, 2.75) is 153 Å². The molecule has 494 valence electrons. The van der Waals surface area contributed by atoms with Crippen LogP contribution in [-0.2, 0) is 64.1 Å². The van der Waals surface area contributed by atoms with Crippen molar-refractivity contribution in [3.05, 3.63) is 83.7 Å². The molecule has 2 aromatic carbocycles. The molecule has 1 aromatic heterocycles. The van der Waals surface area contributed by atoms with Gasteiger partial charge >= 0.3 is 17.9 Å². The second-order valence-corrected chi connectivity index (χ2v) is 27.6. The Morgan fingerprint density at radius 3 is 1.96 bits per heavy atom. The molecule has 0 aliphatic carbocycles. The zero-order valence-electron chi connectivity index (χ0n) is 51.7. The first-order valence-corrected chi connectivity index (χ1v) is 32.1. The summed E-state index contributed by atoms with van der Waals surface area (Å²) in [6.07, 6.45) is -0.153. The summed E-state index contributed by atoms with van der Waals surface area (Å²) in [6, 6.07) is 4.45. The molecule has 3 aromatic rings. The molecule has 0 saturated carbocycles. The number of likely N-dealkylation sites (N-methyl/N-ethyl adjacent to an activating group) is 1. The molecule has 90 heavy (non-hydrogen) atoms. The maximum absolute atomic E-state index is 15.5. The van der Waals surface area contributed by atoms with Crippen LogP contribution >= 0.6 is 0 Å². The van der Waals surface area contributed by atoms with Gasteiger partial charge in [-0.25, -0.2) is 16.9 Å². The third-order valence-corrected chi connectivity index (χ3v) is 18.7. The van der Waals surface area contributed by atoms with E-state index >= 15 is 4.39 Å². The van der Waals surface area contributed by atoms with Crippen LogP contribution in [0.3, 0.4) is 0 Å². The van der Waals surface area contributed by atoms with E-state index in [0.717, 1.165) is 44.8 Å². The Morgan fingerprint density at radius 2 is 1.39 bits per heavy atom. The van der Waals surface area contributed by atoms with Gasteiger partial charge in [-0.1, -0.05) is 82.1 Å². The second-order valence-electron chi connectivity index (χ2n) is 23.0. The smallest absolute Gasteiger partial charge is 0.326 e. The number of nitrogens with zero attached hydrogens (tertiary/aromatic N) is 3. The summed E-state index contributed by atoms with van der Waals surface area (Å²) in [5.41, 5.74) is 5.83. The molecule has 2 radical (unpaired) electrons. The highest BCUT2D eigenvalue weighted by Crippen LogP contribution is 2.42. The third-order valence-electron chi connectivity index (χ3n) is 15.3. The Morgan fingerprint density at radius 1 is 0.744 bits per heavy atom. The van der Waals surface area contributed by atoms with Crippen molar-refractivity contribution in [1.29, 1.82) is 0 Å². The molecule has 12 N–H and O–H groups in total. The number of alkyl halides is 1. The lowest BCUT2D eigenvalue weighted by Crippen LogP contribution is -3.36. The molecule has 0 spiro atoms. The molecule has 3 rings (SSSR count). The number of carbonyl (C=O) groups is 12. The monoisotopic (exact) mass is 1390 g/mol. The SMILES string of the molecule is CC[C](CC)(CC(CC(=O)O)C(=O)NCC(=O)N[C@@H](C)C(=O)N(C)[C@@H](C)C(=O)N[C@@H](CC(N)=O)C(=O)N[C@@H](CCN(C(=O)CO)[C@@H](c1cc(-c2cc(F)ccc2F)cn1Cc1ccccc1)C(C)(C)C)C(=O)NCCC(=O)N[C@H](CCC(=O)O)C(=O)O)[Al][CH2][I-]. The predicted molar refractivity (Wildman–Crippen MR) is 320 cm³/mol. The molecule has 7 atom stereocenters. The highest BCUT2D eigenvalue weighted by molar-refractivity contribution is 6.39. The fraction of sp³-hybridized carbons (Fsp3) is 0.533. The van der Waals surface area contributed by atoms with Gasteiger partial charge < -0.3 is 95.0 Å². The van der Waals surface area contributed by atoms with E-state index in [9.17, 15) is 77.2 Å². The Hall–Kier alpha value is -7.56. The lowest BCUT2D eigenvalue weighted by Gasteiger charge is -2.41. The lowest BCUT2D eigenvalue weighted by molar-refractivity contribution is -0.343. The van der Waals surface area contributed by atoms with E-state index in [4.69, 9.17) is 10.8 Å². The molecule has 0 bridgehead atoms. The minimum absolute atomic E-state index is 0.107. The molecule has 9 amide bonds. The van der Waals surface area contributed by atoms with Crippen LogP contribution in [0.5, 0.6) is 0 Å². The number of hydrogen-bond donors (Lipinski definition) is 11. The fourth-order valence-corrected chi connectivity index (χ4v) is 14.4. The zero-order chi connectivity index (χ0) is 67.8. The van der Waals surface area contributed by atoms with E-state index < -0.39 is 195 Å². The van der Waals surface area contributed by atoms with Gasteiger partial charge in [0.15, 0.2) is 15.2 Å². The fourth-order valence-electron chi connectivity index (χ4n) is 10.2. The van der Waals surface area contributed by atoms with Crippen LogP contribution in [0.2, 0.25) is 4.28 Å². The summed E-state index contributed by atoms with van der Waals surface area (Å²) in [7, 11) is 1.20. The lowest BCUT2D eigenvalue weighted by atomic mass is 9.82. The number of hydrogen-bond acceptors (Lipinski definition) is 13. The highest BCUT2D eigenvalue weighted by atomic mass is 127. The number of benzene rings is 2. The number of aromatic nitrogens is 1. The van der Waals surface area contributed by atoms with Crippen molar-refractivity contribution in [2.24, 2.45) is 17.1 Å². The van der Waals surface area contributed by atoms with E-state index in [1.807, 2.05) is 26.0 Å². The van der Waals surface area contributed by atoms with Crippen LogP contribution in [0, 0.1) is 23.0 Å². The number of aliphatic carboxylic acids is 3. The molecule has 26 nitrogen and oxygen atoms in total. The summed E-state index contributed by atoms with van der Waals surface area (Å²) in [5, 5.41) is 53.1. The number of amides is 9. The summed E-state index contributed by atoms with van der Waals surface area (Å²) in [4.78, 5) is 159. The van der Waals surface area contributed by atoms with Crippen LogP contribution < -0.4 is 60.2 Å². The molecular formula is C60H83AlF2IN10O16-. The number of carbonyl (C=O) groups excluding carboxylic acids is 9. The van der Waals surface area contributed by atoms with Gasteiger partial charge in [0.2, 0.25) is 53.2 Å². The second kappa shape index (κ2) is 36.3. The van der Waals surface area contributed by atoms with Crippen LogP contribution in [0.1, 0.15) is 124 Å². The standard InChI is InChI=1S/C59H81F2N10O16.CH2I.Al/c1-9-35(10-2)24-37(26-51(79)80)54(82)64-29-48(75)65-33(3)57(85)69(8)34(4)53(81)68-44(28-46(62)73)56(84)67-42(55(83)63-22-20-47(74)66-43(58(86)87)18-19-50(77)78)21-23-71(49(76)32-72)52(59(5,6)7)45-25-38(40-27-39(60)16-17-41(40)61)31-70(45)30-36-14-12-11-13-15-36;1-2;/h11-17,25,27,31,33-34,37,42-44,52,72H,9-10,18-24,26,28-30,32H2,1-8H3,(H2,62,73)(H,63,83)(H,64,82)(H,65,75)(H,66,74)(H,67,84)(H,68,81)(H,77,78)(H,79,80)(H,86,87);1H2;/q;-1;/t33-,34-,37?,42-,43+,44-,52-;;/m0../s1. The Labute approximate surface area is 540 Å². The molecule has 0 aliphatic rings. The van der Waals surface area contributed by atoms with Crippen LogP contribution in [-0.4, -0.2) is 188 Å². The summed E-state index contributed by atoms with van der Waals surface area (Å²) >= 11 is 2.15. The van der Waals surface area contributed by atoms with Crippen LogP contribution in [0.25, 0.3) is 11.1 Å². The molecule has 0 fully saturated rings. The first-order valence-electron chi connectivity index (χ1n) is 29.2. The number of primary amides is 1. The van der Waals surface area contributed by atoms with Gasteiger partial charge in [-0.2, -0.15) is 0 Å². The number of nitrogens with one attached hydrogen (secondary N) is 6. The summed E-state index contributed by atoms with van der Waals surface area (Å²) in [5.74, 6) is -15.0. The van der Waals surface area contributed by atoms with Gasteiger partial charge in [-0.15, -0.1) is 0 Å². The highest BCUT2D eigenvalue weighted by Gasteiger charge is 2.40. The first kappa shape index (κ1) is 76.7. The van der Waals surface area contributed by atoms with E-state index in [0.29, 0.717) is 12.1 Å². The summed E-state index contributed by atoms with van der Waals surface area (Å²) < 4.78 is 32.5. The van der Waals surface area contributed by atoms with Crippen molar-refractivity contribution in [1.82, 2.24) is 46.3 Å². The average molecular weight is 1390 g/mol. The maximum Gasteiger partial charge on any atom is 0.326 e. The molecular weight excluding hydrogens is 1310 g/mol. The maximum atomic E-state index is 15.5. The number of carboxylic acids is 3. The quantitative estimate of drug-likeness (QED) is 0.0181. The van der Waals surface area contributed by atoms with Crippen molar-refractivity contribution in [3.63, 3.8) is 0 Å². The third kappa shape index (κ3) is 24.0. The molecule has 30 heteroatoms. The Kier molecular flexibility index (Phi) is 31.0. The number of aliphatic hydroxyl groups is 1. The normalized spacial score (nSPS) is 13.7. The van der Waals surface area contributed by atoms with Gasteiger partial charge in [-0.05, 0) is 68.4 Å². The largest absolute Gasteiger partial charge is 0.813 e. The van der Waals surface area contributed by atoms with Crippen molar-refractivity contribution >= 4 is 86.3 Å². The average Bonchev–Trinajstić information content (AvgIpc) is 1.59. The molecule has 1 heterocycles. The Bertz CT molecular complexity index is 3040. The van der Waals surface area contributed by atoms with E-state index in [1.165, 1.54) is 25.8 Å². The number of halogens is 3. The topological polar surface area (TPSA) is 395 Å². The van der Waals surface area contributed by atoms with Crippen molar-refractivity contribution in [3.8, 4) is 11.1 Å². The van der Waals surface area contributed by atoms with Crippen LogP contribution in [0.4, 0.5) is 8.78 Å². The number of aliphatic hydroxyl groups excluding tert-OH is 1. The number of nitrogens with two attached hydrogens (primary N) is 1. The van der Waals surface area contributed by atoms with Gasteiger partial charge in [0.25, 0.3) is 0 Å². The van der Waals surface area contributed by atoms with Crippen LogP contribution in [0.15, 0.2) is 60.8 Å². The first-order chi connectivity index (χ1) is 42.2. The Balaban J connectivity index is 1.98. The van der Waals surface area contributed by atoms with E-state index in [1.54, 1.807) is 55.8 Å². The minimum atomic E-state index is -1.87. The van der Waals surface area contributed by atoms with Crippen molar-refractivity contribution < 1.29 is 109 Å². The van der Waals surface area contributed by atoms with Gasteiger partial charge in [0.1, 0.15) is 48.5 Å². The summed E-state index contributed by atoms with van der Waals surface area (Å²) in [6.45, 7) is 9.25. The number of carboxylic acid groups (broad SMARTS) is 3. The van der Waals surface area contributed by atoms with Gasteiger partial charge in [0.05, 0.1) is 25.4 Å². The van der Waals surface area contributed by atoms with Crippen molar-refractivity contribution in [2.75, 3.05) is 36.6 Å².